The van der Waals surface area contributed by atoms with E-state index in [-0.39, 0.29) is 17.4 Å². The van der Waals surface area contributed by atoms with Gasteiger partial charge in [-0.25, -0.2) is 8.42 Å². The van der Waals surface area contributed by atoms with Crippen LogP contribution >= 0.6 is 12.2 Å². The second-order valence-corrected chi connectivity index (χ2v) is 9.06. The Kier molecular flexibility index (Phi) is 4.92. The van der Waals surface area contributed by atoms with Crippen molar-refractivity contribution in [3.05, 3.63) is 0 Å². The first-order chi connectivity index (χ1) is 9.78. The number of nitrogens with one attached hydrogen (secondary N) is 1. The molecule has 0 bridgehead atoms. The molecule has 1 saturated carbocycles. The Morgan fingerprint density at radius 1 is 1.33 bits per heavy atom. The molecule has 3 N–H and O–H groups in total. The molecule has 2 fully saturated rings. The van der Waals surface area contributed by atoms with E-state index >= 15 is 0 Å². The Morgan fingerprint density at radius 2 is 1.95 bits per heavy atom. The molecule has 1 heterocycles. The van der Waals surface area contributed by atoms with Crippen molar-refractivity contribution < 1.29 is 13.2 Å². The summed E-state index contributed by atoms with van der Waals surface area (Å²) in [5, 5.41) is 2.99. The van der Waals surface area contributed by atoms with Crippen LogP contribution in [0.25, 0.3) is 0 Å². The first kappa shape index (κ1) is 16.7. The van der Waals surface area contributed by atoms with Crippen molar-refractivity contribution >= 4 is 33.0 Å². The zero-order chi connectivity index (χ0) is 15.7. The number of rotatable bonds is 4. The minimum absolute atomic E-state index is 0.0518. The van der Waals surface area contributed by atoms with Crippen LogP contribution in [0.2, 0.25) is 0 Å². The van der Waals surface area contributed by atoms with E-state index in [4.69, 9.17) is 18.0 Å². The van der Waals surface area contributed by atoms with Crippen molar-refractivity contribution in [2.45, 2.75) is 51.0 Å². The molecule has 2 aliphatic rings. The molecule has 0 aromatic carbocycles. The van der Waals surface area contributed by atoms with Gasteiger partial charge in [0.15, 0.2) is 9.84 Å². The Bertz CT molecular complexity index is 522. The maximum absolute atomic E-state index is 12.4. The summed E-state index contributed by atoms with van der Waals surface area (Å²) in [5.74, 6) is 0.0487. The van der Waals surface area contributed by atoms with E-state index in [9.17, 15) is 13.2 Å². The molecule has 21 heavy (non-hydrogen) atoms. The van der Waals surface area contributed by atoms with Crippen LogP contribution in [0.4, 0.5) is 0 Å². The predicted octanol–water partition coefficient (Wildman–Crippen LogP) is 1.16. The highest BCUT2D eigenvalue weighted by molar-refractivity contribution is 7.91. The van der Waals surface area contributed by atoms with Crippen LogP contribution in [-0.2, 0) is 14.6 Å². The summed E-state index contributed by atoms with van der Waals surface area (Å²) in [7, 11) is -3.06. The Balaban J connectivity index is 2.04. The van der Waals surface area contributed by atoms with Crippen molar-refractivity contribution in [3.8, 4) is 0 Å². The van der Waals surface area contributed by atoms with Gasteiger partial charge < -0.3 is 11.1 Å². The Morgan fingerprint density at radius 3 is 2.38 bits per heavy atom. The summed E-state index contributed by atoms with van der Waals surface area (Å²) >= 11 is 5.19. The van der Waals surface area contributed by atoms with Gasteiger partial charge >= 0.3 is 0 Å². The Hall–Kier alpha value is -0.690. The maximum atomic E-state index is 12.4. The summed E-state index contributed by atoms with van der Waals surface area (Å²) in [6.07, 6.45) is 5.04. The van der Waals surface area contributed by atoms with E-state index in [2.05, 4.69) is 12.2 Å². The lowest BCUT2D eigenvalue weighted by Gasteiger charge is -2.40. The summed E-state index contributed by atoms with van der Waals surface area (Å²) in [6, 6.07) is 0. The normalized spacial score (nSPS) is 35.3. The van der Waals surface area contributed by atoms with E-state index in [1.165, 1.54) is 0 Å². The van der Waals surface area contributed by atoms with Crippen LogP contribution in [-0.4, -0.2) is 36.4 Å². The van der Waals surface area contributed by atoms with Gasteiger partial charge in [-0.1, -0.05) is 25.6 Å². The van der Waals surface area contributed by atoms with E-state index in [0.29, 0.717) is 17.3 Å². The monoisotopic (exact) mass is 332 g/mol. The smallest absolute Gasteiger partial charge is 0.224 e. The zero-order valence-corrected chi connectivity index (χ0v) is 14.1. The second-order valence-electron chi connectivity index (χ2n) is 6.39. The van der Waals surface area contributed by atoms with Gasteiger partial charge in [-0.05, 0) is 38.0 Å². The van der Waals surface area contributed by atoms with Gasteiger partial charge in [0.25, 0.3) is 0 Å². The van der Waals surface area contributed by atoms with Crippen molar-refractivity contribution in [1.29, 1.82) is 0 Å². The average Bonchev–Trinajstić information content (AvgIpc) is 2.80. The topological polar surface area (TPSA) is 89.3 Å². The molecule has 0 aromatic heterocycles. The van der Waals surface area contributed by atoms with Crippen LogP contribution < -0.4 is 11.1 Å². The average molecular weight is 332 g/mol. The summed E-state index contributed by atoms with van der Waals surface area (Å²) in [4.78, 5) is 12.7. The minimum atomic E-state index is -3.06. The number of nitrogens with two attached hydrogens (primary N) is 1. The molecular formula is C14H24N2O3S2. The van der Waals surface area contributed by atoms with Gasteiger partial charge in [0.1, 0.15) is 0 Å². The molecule has 1 atom stereocenters. The first-order valence-electron chi connectivity index (χ1n) is 7.60. The molecular weight excluding hydrogens is 308 g/mol. The molecule has 1 amide bonds. The SMILES string of the molecule is CCC1CCC(NC(=O)C2CCS(=O)(=O)C2)(C(N)=S)CC1. The largest absolute Gasteiger partial charge is 0.391 e. The number of amides is 1. The highest BCUT2D eigenvalue weighted by Crippen LogP contribution is 2.34. The Labute approximate surface area is 132 Å². The number of carbonyl (C=O) groups is 1. The standard InChI is InChI=1S/C14H24N2O3S2/c1-2-10-3-6-14(7-4-10,13(15)20)16-12(17)11-5-8-21(18,19)9-11/h10-11H,2-9H2,1H3,(H2,15,20)(H,16,17). The fraction of sp³-hybridized carbons (Fsp3) is 0.857. The van der Waals surface area contributed by atoms with Crippen LogP contribution in [0.1, 0.15) is 45.4 Å². The molecule has 5 nitrogen and oxygen atoms in total. The van der Waals surface area contributed by atoms with E-state index < -0.39 is 21.3 Å². The number of sulfone groups is 1. The van der Waals surface area contributed by atoms with Crippen LogP contribution in [0.15, 0.2) is 0 Å². The number of carbonyl (C=O) groups excluding carboxylic acids is 1. The third-order valence-corrected chi connectivity index (χ3v) is 7.13. The van der Waals surface area contributed by atoms with E-state index in [1.54, 1.807) is 0 Å². The quantitative estimate of drug-likeness (QED) is 0.754. The molecule has 1 saturated heterocycles. The van der Waals surface area contributed by atoms with Gasteiger partial charge in [-0.3, -0.25) is 4.79 Å². The van der Waals surface area contributed by atoms with Crippen LogP contribution in [0.3, 0.4) is 0 Å². The minimum Gasteiger partial charge on any atom is -0.391 e. The van der Waals surface area contributed by atoms with Gasteiger partial charge in [0.05, 0.1) is 28.0 Å². The van der Waals surface area contributed by atoms with Crippen molar-refractivity contribution in [3.63, 3.8) is 0 Å². The van der Waals surface area contributed by atoms with Gasteiger partial charge in [0, 0.05) is 0 Å². The van der Waals surface area contributed by atoms with E-state index in [1.807, 2.05) is 0 Å². The molecule has 0 spiro atoms. The highest BCUT2D eigenvalue weighted by atomic mass is 32.2. The van der Waals surface area contributed by atoms with E-state index in [0.717, 1.165) is 32.1 Å². The van der Waals surface area contributed by atoms with Crippen molar-refractivity contribution in [2.24, 2.45) is 17.6 Å². The number of hydrogen-bond acceptors (Lipinski definition) is 4. The molecule has 120 valence electrons. The molecule has 0 aromatic rings. The summed E-state index contributed by atoms with van der Waals surface area (Å²) in [6.45, 7) is 2.17. The maximum Gasteiger partial charge on any atom is 0.224 e. The second kappa shape index (κ2) is 6.20. The number of thiocarbonyl (C=S) groups is 1. The van der Waals surface area contributed by atoms with Gasteiger partial charge in [-0.2, -0.15) is 0 Å². The third kappa shape index (κ3) is 3.74. The fourth-order valence-electron chi connectivity index (χ4n) is 3.35. The predicted molar refractivity (Wildman–Crippen MR) is 86.7 cm³/mol. The fourth-order valence-corrected chi connectivity index (χ4v) is 5.35. The lowest BCUT2D eigenvalue weighted by molar-refractivity contribution is -0.125. The van der Waals surface area contributed by atoms with Gasteiger partial charge in [-0.15, -0.1) is 0 Å². The molecule has 0 radical (unpaired) electrons. The van der Waals surface area contributed by atoms with Crippen molar-refractivity contribution in [1.82, 2.24) is 5.32 Å². The van der Waals surface area contributed by atoms with Crippen LogP contribution in [0, 0.1) is 11.8 Å². The molecule has 1 aliphatic heterocycles. The first-order valence-corrected chi connectivity index (χ1v) is 9.83. The molecule has 1 aliphatic carbocycles. The lowest BCUT2D eigenvalue weighted by atomic mass is 9.75. The highest BCUT2D eigenvalue weighted by Gasteiger charge is 2.42. The summed E-state index contributed by atoms with van der Waals surface area (Å²) in [5.41, 5.74) is 5.27. The molecule has 1 unspecified atom stereocenters. The zero-order valence-electron chi connectivity index (χ0n) is 12.4. The molecule has 7 heteroatoms. The lowest BCUT2D eigenvalue weighted by Crippen LogP contribution is -2.59. The molecule has 2 rings (SSSR count). The number of hydrogen-bond donors (Lipinski definition) is 2. The summed E-state index contributed by atoms with van der Waals surface area (Å²) < 4.78 is 23.0. The third-order valence-electron chi connectivity index (χ3n) is 4.97. The van der Waals surface area contributed by atoms with Crippen LogP contribution in [0.5, 0.6) is 0 Å². The van der Waals surface area contributed by atoms with Crippen molar-refractivity contribution in [2.75, 3.05) is 11.5 Å². The van der Waals surface area contributed by atoms with Gasteiger partial charge in [0.2, 0.25) is 5.91 Å².